The zero-order chi connectivity index (χ0) is 8.10. The van der Waals surface area contributed by atoms with E-state index in [4.69, 9.17) is 5.11 Å². The molecule has 0 radical (unpaired) electrons. The lowest BCUT2D eigenvalue weighted by Gasteiger charge is -1.96. The van der Waals surface area contributed by atoms with Crippen LogP contribution in [0.4, 0.5) is 4.79 Å². The second-order valence-electron chi connectivity index (χ2n) is 2.00. The van der Waals surface area contributed by atoms with Crippen molar-refractivity contribution in [2.75, 3.05) is 6.61 Å². The first-order valence-corrected chi connectivity index (χ1v) is 4.10. The van der Waals surface area contributed by atoms with Crippen LogP contribution in [0.1, 0.15) is 5.56 Å². The third kappa shape index (κ3) is 3.04. The average Bonchev–Trinajstić information content (AvgIpc) is 2.39. The van der Waals surface area contributed by atoms with Gasteiger partial charge in [-0.25, -0.2) is 4.79 Å². The summed E-state index contributed by atoms with van der Waals surface area (Å²) in [5.74, 6) is 0. The number of carbonyl (C=O) groups is 1. The predicted molar refractivity (Wildman–Crippen MR) is 42.0 cm³/mol. The van der Waals surface area contributed by atoms with E-state index in [1.807, 2.05) is 16.8 Å². The summed E-state index contributed by atoms with van der Waals surface area (Å²) >= 11 is 1.60. The summed E-state index contributed by atoms with van der Waals surface area (Å²) in [6, 6.07) is 1.95. The van der Waals surface area contributed by atoms with Crippen molar-refractivity contribution >= 4 is 17.5 Å². The molecule has 1 N–H and O–H groups in total. The van der Waals surface area contributed by atoms with Gasteiger partial charge in [-0.2, -0.15) is 11.3 Å². The highest BCUT2D eigenvalue weighted by molar-refractivity contribution is 7.07. The Balaban J connectivity index is 2.19. The van der Waals surface area contributed by atoms with Crippen LogP contribution in [0.5, 0.6) is 0 Å². The van der Waals surface area contributed by atoms with E-state index in [2.05, 4.69) is 4.74 Å². The number of rotatable bonds is 3. The molecule has 0 saturated heterocycles. The van der Waals surface area contributed by atoms with Gasteiger partial charge in [-0.15, -0.1) is 0 Å². The number of ether oxygens (including phenoxy) is 1. The van der Waals surface area contributed by atoms with E-state index in [1.165, 1.54) is 0 Å². The Hall–Kier alpha value is -1.03. The van der Waals surface area contributed by atoms with E-state index in [9.17, 15) is 4.79 Å². The standard InChI is InChI=1S/C7H8O3S/c8-7(9)10-3-1-6-2-4-11-5-6/h2,4-5H,1,3H2,(H,8,9). The fraction of sp³-hybridized carbons (Fsp3) is 0.286. The van der Waals surface area contributed by atoms with Crippen LogP contribution in [-0.2, 0) is 11.2 Å². The molecule has 11 heavy (non-hydrogen) atoms. The summed E-state index contributed by atoms with van der Waals surface area (Å²) in [7, 11) is 0. The number of carboxylic acid groups (broad SMARTS) is 1. The van der Waals surface area contributed by atoms with Crippen molar-refractivity contribution in [1.82, 2.24) is 0 Å². The van der Waals surface area contributed by atoms with Gasteiger partial charge in [-0.1, -0.05) is 0 Å². The maximum atomic E-state index is 9.91. The SMILES string of the molecule is O=C(O)OCCc1ccsc1. The molecule has 0 unspecified atom stereocenters. The summed E-state index contributed by atoms with van der Waals surface area (Å²) in [5.41, 5.74) is 1.12. The third-order valence-corrected chi connectivity index (χ3v) is 1.93. The molecule has 0 aromatic carbocycles. The van der Waals surface area contributed by atoms with Gasteiger partial charge in [0.1, 0.15) is 0 Å². The largest absolute Gasteiger partial charge is 0.505 e. The van der Waals surface area contributed by atoms with Gasteiger partial charge in [-0.3, -0.25) is 0 Å². The first kappa shape index (κ1) is 8.07. The van der Waals surface area contributed by atoms with E-state index in [0.717, 1.165) is 5.56 Å². The predicted octanol–water partition coefficient (Wildman–Crippen LogP) is 1.99. The van der Waals surface area contributed by atoms with Crippen LogP contribution in [0.25, 0.3) is 0 Å². The Morgan fingerprint density at radius 1 is 1.73 bits per heavy atom. The van der Waals surface area contributed by atoms with E-state index < -0.39 is 6.16 Å². The monoisotopic (exact) mass is 172 g/mol. The first-order valence-electron chi connectivity index (χ1n) is 3.16. The fourth-order valence-electron chi connectivity index (χ4n) is 0.691. The van der Waals surface area contributed by atoms with Crippen molar-refractivity contribution in [1.29, 1.82) is 0 Å². The molecular formula is C7H8O3S. The highest BCUT2D eigenvalue weighted by Crippen LogP contribution is 2.06. The highest BCUT2D eigenvalue weighted by Gasteiger charge is 1.96. The first-order chi connectivity index (χ1) is 5.29. The summed E-state index contributed by atoms with van der Waals surface area (Å²) in [5, 5.41) is 12.1. The van der Waals surface area contributed by atoms with Gasteiger partial charge in [0.15, 0.2) is 0 Å². The van der Waals surface area contributed by atoms with Crippen LogP contribution in [0.15, 0.2) is 16.8 Å². The molecule has 0 aliphatic rings. The molecule has 1 aromatic heterocycles. The second-order valence-corrected chi connectivity index (χ2v) is 2.78. The summed E-state index contributed by atoms with van der Waals surface area (Å²) in [4.78, 5) is 9.91. The van der Waals surface area contributed by atoms with Crippen LogP contribution < -0.4 is 0 Å². The van der Waals surface area contributed by atoms with Crippen molar-refractivity contribution in [2.45, 2.75) is 6.42 Å². The van der Waals surface area contributed by atoms with Crippen molar-refractivity contribution < 1.29 is 14.6 Å². The Bertz CT molecular complexity index is 218. The van der Waals surface area contributed by atoms with Crippen LogP contribution >= 0.6 is 11.3 Å². The van der Waals surface area contributed by atoms with E-state index in [0.29, 0.717) is 6.42 Å². The lowest BCUT2D eigenvalue weighted by atomic mass is 10.3. The molecule has 0 fully saturated rings. The Labute approximate surface area is 68.2 Å². The van der Waals surface area contributed by atoms with E-state index >= 15 is 0 Å². The minimum absolute atomic E-state index is 0.242. The molecule has 0 saturated carbocycles. The Morgan fingerprint density at radius 2 is 2.55 bits per heavy atom. The quantitative estimate of drug-likeness (QED) is 0.709. The third-order valence-electron chi connectivity index (χ3n) is 1.20. The molecular weight excluding hydrogens is 164 g/mol. The van der Waals surface area contributed by atoms with Gasteiger partial charge in [-0.05, 0) is 22.4 Å². The number of thiophene rings is 1. The van der Waals surface area contributed by atoms with Gasteiger partial charge in [0, 0.05) is 6.42 Å². The molecule has 0 amide bonds. The maximum Gasteiger partial charge on any atom is 0.505 e. The molecule has 0 spiro atoms. The lowest BCUT2D eigenvalue weighted by molar-refractivity contribution is 0.0927. The average molecular weight is 172 g/mol. The minimum atomic E-state index is -1.21. The van der Waals surface area contributed by atoms with Crippen molar-refractivity contribution in [3.05, 3.63) is 22.4 Å². The van der Waals surface area contributed by atoms with Crippen LogP contribution in [0.2, 0.25) is 0 Å². The summed E-state index contributed by atoms with van der Waals surface area (Å²) in [6.07, 6.45) is -0.546. The molecule has 3 nitrogen and oxygen atoms in total. The number of hydrogen-bond donors (Lipinski definition) is 1. The zero-order valence-corrected chi connectivity index (χ0v) is 6.63. The molecule has 0 bridgehead atoms. The van der Waals surface area contributed by atoms with Gasteiger partial charge >= 0.3 is 6.16 Å². The van der Waals surface area contributed by atoms with Crippen LogP contribution in [0, 0.1) is 0 Å². The Morgan fingerprint density at radius 3 is 3.09 bits per heavy atom. The van der Waals surface area contributed by atoms with Crippen LogP contribution in [0.3, 0.4) is 0 Å². The van der Waals surface area contributed by atoms with Crippen molar-refractivity contribution in [3.8, 4) is 0 Å². The fourth-order valence-corrected chi connectivity index (χ4v) is 1.39. The molecule has 60 valence electrons. The van der Waals surface area contributed by atoms with Gasteiger partial charge in [0.05, 0.1) is 6.61 Å². The van der Waals surface area contributed by atoms with Gasteiger partial charge < -0.3 is 9.84 Å². The Kier molecular flexibility index (Phi) is 2.92. The van der Waals surface area contributed by atoms with Crippen LogP contribution in [-0.4, -0.2) is 17.9 Å². The van der Waals surface area contributed by atoms with Crippen molar-refractivity contribution in [3.63, 3.8) is 0 Å². The van der Waals surface area contributed by atoms with Gasteiger partial charge in [0.25, 0.3) is 0 Å². The van der Waals surface area contributed by atoms with Gasteiger partial charge in [0.2, 0.25) is 0 Å². The molecule has 4 heteroatoms. The lowest BCUT2D eigenvalue weighted by Crippen LogP contribution is -2.03. The molecule has 0 atom stereocenters. The zero-order valence-electron chi connectivity index (χ0n) is 5.82. The molecule has 1 rings (SSSR count). The molecule has 1 aromatic rings. The normalized spacial score (nSPS) is 9.45. The highest BCUT2D eigenvalue weighted by atomic mass is 32.1. The molecule has 0 aliphatic carbocycles. The molecule has 0 aliphatic heterocycles. The van der Waals surface area contributed by atoms with E-state index in [1.54, 1.807) is 11.3 Å². The minimum Gasteiger partial charge on any atom is -0.450 e. The summed E-state index contributed by atoms with van der Waals surface area (Å²) < 4.78 is 4.34. The second kappa shape index (κ2) is 3.98. The van der Waals surface area contributed by atoms with Crippen molar-refractivity contribution in [2.24, 2.45) is 0 Å². The topological polar surface area (TPSA) is 46.5 Å². The maximum absolute atomic E-state index is 9.91. The number of hydrogen-bond acceptors (Lipinski definition) is 3. The molecule has 1 heterocycles. The summed E-state index contributed by atoms with van der Waals surface area (Å²) in [6.45, 7) is 0.242. The smallest absolute Gasteiger partial charge is 0.450 e. The van der Waals surface area contributed by atoms with E-state index in [-0.39, 0.29) is 6.61 Å².